The summed E-state index contributed by atoms with van der Waals surface area (Å²) < 4.78 is 0. The van der Waals surface area contributed by atoms with Gasteiger partial charge in [0.2, 0.25) is 0 Å². The number of halogens is 2. The first-order valence-corrected chi connectivity index (χ1v) is 8.85. The number of para-hydroxylation sites is 2. The lowest BCUT2D eigenvalue weighted by Gasteiger charge is -2.10. The molecule has 0 amide bonds. The highest BCUT2D eigenvalue weighted by molar-refractivity contribution is 6.32. The van der Waals surface area contributed by atoms with Gasteiger partial charge in [-0.05, 0) is 48.0 Å². The van der Waals surface area contributed by atoms with Crippen molar-refractivity contribution in [2.45, 2.75) is 6.42 Å². The molecule has 0 atom stereocenters. The molecule has 0 aliphatic carbocycles. The first kappa shape index (κ1) is 16.8. The minimum atomic E-state index is 0.142. The van der Waals surface area contributed by atoms with Gasteiger partial charge < -0.3 is 5.11 Å². The second-order valence-corrected chi connectivity index (χ2v) is 6.82. The summed E-state index contributed by atoms with van der Waals surface area (Å²) in [5, 5.41) is 11.5. The van der Waals surface area contributed by atoms with Gasteiger partial charge in [-0.3, -0.25) is 9.98 Å². The van der Waals surface area contributed by atoms with E-state index in [4.69, 9.17) is 33.2 Å². The Balaban J connectivity index is 1.89. The summed E-state index contributed by atoms with van der Waals surface area (Å²) in [6, 6.07) is 20.2. The van der Waals surface area contributed by atoms with E-state index >= 15 is 0 Å². The Morgan fingerprint density at radius 2 is 1.35 bits per heavy atom. The largest absolute Gasteiger partial charge is 0.507 e. The number of aliphatic imine (C=N–C) groups is 2. The second-order valence-electron chi connectivity index (χ2n) is 5.95. The van der Waals surface area contributed by atoms with Crippen molar-refractivity contribution < 1.29 is 5.11 Å². The Labute approximate surface area is 161 Å². The highest BCUT2D eigenvalue weighted by Gasteiger charge is 2.18. The van der Waals surface area contributed by atoms with Gasteiger partial charge in [-0.2, -0.15) is 0 Å². The van der Waals surface area contributed by atoms with E-state index in [1.807, 2.05) is 48.5 Å². The minimum absolute atomic E-state index is 0.142. The summed E-state index contributed by atoms with van der Waals surface area (Å²) in [4.78, 5) is 9.57. The van der Waals surface area contributed by atoms with Crippen molar-refractivity contribution >= 4 is 46.0 Å². The van der Waals surface area contributed by atoms with Crippen LogP contribution in [0, 0.1) is 0 Å². The number of fused-ring (bicyclic) bond motifs is 1. The van der Waals surface area contributed by atoms with E-state index in [-0.39, 0.29) is 5.75 Å². The molecule has 0 fully saturated rings. The first-order chi connectivity index (χ1) is 12.6. The maximum Gasteiger partial charge on any atom is 0.124 e. The third-order valence-electron chi connectivity index (χ3n) is 4.17. The van der Waals surface area contributed by atoms with E-state index < -0.39 is 0 Å². The Hall–Kier alpha value is -2.62. The molecular formula is C21H14Cl2N2O. The molecule has 26 heavy (non-hydrogen) atoms. The number of phenolic OH excluding ortho intramolecular Hbond substituents is 1. The molecule has 3 nitrogen and oxygen atoms in total. The van der Waals surface area contributed by atoms with Crippen molar-refractivity contribution in [2.75, 3.05) is 0 Å². The monoisotopic (exact) mass is 380 g/mol. The smallest absolute Gasteiger partial charge is 0.124 e. The summed E-state index contributed by atoms with van der Waals surface area (Å²) in [6.45, 7) is 0. The molecule has 3 aromatic rings. The fourth-order valence-electron chi connectivity index (χ4n) is 2.89. The van der Waals surface area contributed by atoms with E-state index in [0.717, 1.165) is 22.6 Å². The lowest BCUT2D eigenvalue weighted by Crippen LogP contribution is -2.10. The minimum Gasteiger partial charge on any atom is -0.507 e. The molecular weight excluding hydrogens is 367 g/mol. The number of benzene rings is 3. The van der Waals surface area contributed by atoms with Crippen LogP contribution < -0.4 is 0 Å². The SMILES string of the molecule is Oc1ccc(Cl)cc1C1=Nc2ccccc2N=C(c2ccc(Cl)cc2)C1. The third kappa shape index (κ3) is 3.36. The lowest BCUT2D eigenvalue weighted by molar-refractivity contribution is 0.474. The number of aromatic hydroxyl groups is 1. The zero-order valence-electron chi connectivity index (χ0n) is 13.7. The van der Waals surface area contributed by atoms with Gasteiger partial charge in [0.25, 0.3) is 0 Å². The molecule has 3 aromatic carbocycles. The molecule has 4 rings (SSSR count). The van der Waals surface area contributed by atoms with E-state index in [2.05, 4.69) is 0 Å². The summed E-state index contributed by atoms with van der Waals surface area (Å²) in [6.07, 6.45) is 0.463. The number of rotatable bonds is 2. The molecule has 0 bridgehead atoms. The molecule has 1 aliphatic rings. The van der Waals surface area contributed by atoms with Gasteiger partial charge >= 0.3 is 0 Å². The Kier molecular flexibility index (Phi) is 4.49. The normalized spacial score (nSPS) is 13.5. The van der Waals surface area contributed by atoms with Crippen LogP contribution in [0.3, 0.4) is 0 Å². The second kappa shape index (κ2) is 6.94. The van der Waals surface area contributed by atoms with Gasteiger partial charge in [0.15, 0.2) is 0 Å². The number of nitrogens with zero attached hydrogens (tertiary/aromatic N) is 2. The highest BCUT2D eigenvalue weighted by Crippen LogP contribution is 2.34. The lowest BCUT2D eigenvalue weighted by atomic mass is 9.99. The molecule has 0 saturated heterocycles. The average Bonchev–Trinajstić information content (AvgIpc) is 2.84. The Bertz CT molecular complexity index is 1040. The fraction of sp³-hybridized carbons (Fsp3) is 0.0476. The van der Waals surface area contributed by atoms with Gasteiger partial charge in [-0.1, -0.05) is 47.5 Å². The predicted molar refractivity (Wildman–Crippen MR) is 108 cm³/mol. The van der Waals surface area contributed by atoms with Crippen LogP contribution in [0.4, 0.5) is 11.4 Å². The van der Waals surface area contributed by atoms with Crippen LogP contribution in [0.1, 0.15) is 17.5 Å². The van der Waals surface area contributed by atoms with Crippen molar-refractivity contribution in [2.24, 2.45) is 9.98 Å². The number of phenols is 1. The van der Waals surface area contributed by atoms with Crippen LogP contribution in [0.25, 0.3) is 0 Å². The van der Waals surface area contributed by atoms with Crippen LogP contribution in [-0.4, -0.2) is 16.5 Å². The third-order valence-corrected chi connectivity index (χ3v) is 4.66. The van der Waals surface area contributed by atoms with Crippen molar-refractivity contribution in [3.8, 4) is 5.75 Å². The van der Waals surface area contributed by atoms with E-state index in [0.29, 0.717) is 27.7 Å². The Morgan fingerprint density at radius 3 is 2.04 bits per heavy atom. The summed E-state index contributed by atoms with van der Waals surface area (Å²) in [5.74, 6) is 0.142. The zero-order chi connectivity index (χ0) is 18.1. The van der Waals surface area contributed by atoms with Crippen molar-refractivity contribution in [1.29, 1.82) is 0 Å². The molecule has 0 radical (unpaired) electrons. The quantitative estimate of drug-likeness (QED) is 0.553. The average molecular weight is 381 g/mol. The summed E-state index contributed by atoms with van der Waals surface area (Å²) in [5.41, 5.74) is 4.67. The molecule has 5 heteroatoms. The molecule has 0 spiro atoms. The molecule has 0 unspecified atom stereocenters. The standard InChI is InChI=1S/C21H14Cl2N2O/c22-14-7-5-13(6-8-14)19-12-20(16-11-15(23)9-10-21(16)26)25-18-4-2-1-3-17(18)24-19/h1-11,26H,12H2. The van der Waals surface area contributed by atoms with Crippen molar-refractivity contribution in [3.05, 3.63) is 87.9 Å². The van der Waals surface area contributed by atoms with Gasteiger partial charge in [-0.25, -0.2) is 0 Å². The van der Waals surface area contributed by atoms with Crippen LogP contribution in [0.2, 0.25) is 10.0 Å². The molecule has 1 aliphatic heterocycles. The predicted octanol–water partition coefficient (Wildman–Crippen LogP) is 6.34. The molecule has 0 saturated carbocycles. The van der Waals surface area contributed by atoms with Gasteiger partial charge in [0.1, 0.15) is 5.75 Å². The van der Waals surface area contributed by atoms with Crippen molar-refractivity contribution in [3.63, 3.8) is 0 Å². The molecule has 1 N–H and O–H groups in total. The molecule has 128 valence electrons. The van der Waals surface area contributed by atoms with Gasteiger partial charge in [0.05, 0.1) is 22.8 Å². The first-order valence-electron chi connectivity index (χ1n) is 8.09. The highest BCUT2D eigenvalue weighted by atomic mass is 35.5. The van der Waals surface area contributed by atoms with Gasteiger partial charge in [0, 0.05) is 22.0 Å². The number of hydrogen-bond donors (Lipinski definition) is 1. The maximum absolute atomic E-state index is 10.3. The fourth-order valence-corrected chi connectivity index (χ4v) is 3.18. The number of hydrogen-bond acceptors (Lipinski definition) is 3. The van der Waals surface area contributed by atoms with Crippen LogP contribution in [0.5, 0.6) is 5.75 Å². The van der Waals surface area contributed by atoms with Gasteiger partial charge in [-0.15, -0.1) is 0 Å². The maximum atomic E-state index is 10.3. The van der Waals surface area contributed by atoms with E-state index in [9.17, 15) is 5.11 Å². The summed E-state index contributed by atoms with van der Waals surface area (Å²) >= 11 is 12.2. The zero-order valence-corrected chi connectivity index (χ0v) is 15.2. The van der Waals surface area contributed by atoms with E-state index in [1.165, 1.54) is 0 Å². The van der Waals surface area contributed by atoms with E-state index in [1.54, 1.807) is 18.2 Å². The molecule has 0 aromatic heterocycles. The van der Waals surface area contributed by atoms with Crippen LogP contribution in [-0.2, 0) is 0 Å². The topological polar surface area (TPSA) is 45.0 Å². The van der Waals surface area contributed by atoms with Crippen molar-refractivity contribution in [1.82, 2.24) is 0 Å². The van der Waals surface area contributed by atoms with Crippen LogP contribution >= 0.6 is 23.2 Å². The molecule has 1 heterocycles. The van der Waals surface area contributed by atoms with Crippen LogP contribution in [0.15, 0.2) is 76.7 Å². The Morgan fingerprint density at radius 1 is 0.731 bits per heavy atom. The summed E-state index contributed by atoms with van der Waals surface area (Å²) in [7, 11) is 0.